The fraction of sp³-hybridized carbons (Fsp3) is 0.667. The Morgan fingerprint density at radius 1 is 1.47 bits per heavy atom. The largest absolute Gasteiger partial charge is 0.466 e. The van der Waals surface area contributed by atoms with E-state index in [2.05, 4.69) is 11.0 Å². The number of hydrogen-bond acceptors (Lipinski definition) is 3. The van der Waals surface area contributed by atoms with Crippen LogP contribution in [0.1, 0.15) is 36.0 Å². The number of nitrogens with zero attached hydrogens (tertiary/aromatic N) is 1. The maximum Gasteiger partial charge on any atom is 0.110 e. The Morgan fingerprint density at radius 3 is 3.20 bits per heavy atom. The second kappa shape index (κ2) is 3.35. The Morgan fingerprint density at radius 2 is 2.33 bits per heavy atom. The molecule has 2 aliphatic heterocycles. The summed E-state index contributed by atoms with van der Waals surface area (Å²) in [5, 5.41) is 0. The number of hydrogen-bond donors (Lipinski definition) is 1. The molecule has 0 amide bonds. The lowest BCUT2D eigenvalue weighted by Gasteiger charge is -2.42. The second-order valence-corrected chi connectivity index (χ2v) is 4.77. The topological polar surface area (TPSA) is 42.4 Å². The van der Waals surface area contributed by atoms with Crippen LogP contribution in [0.15, 0.2) is 10.5 Å². The van der Waals surface area contributed by atoms with Gasteiger partial charge in [0, 0.05) is 24.6 Å². The molecule has 0 radical (unpaired) electrons. The highest BCUT2D eigenvalue weighted by Crippen LogP contribution is 2.37. The summed E-state index contributed by atoms with van der Waals surface area (Å²) in [4.78, 5) is 2.52. The number of nitrogens with two attached hydrogens (primary N) is 1. The summed E-state index contributed by atoms with van der Waals surface area (Å²) in [6, 6.07) is 2.88. The molecule has 82 valence electrons. The Kier molecular flexibility index (Phi) is 2.11. The lowest BCUT2D eigenvalue weighted by molar-refractivity contribution is 0.113. The SMILES string of the molecule is Cc1cc2c(o1)CCN1CCCC(N)C21. The lowest BCUT2D eigenvalue weighted by Crippen LogP contribution is -2.48. The molecule has 15 heavy (non-hydrogen) atoms. The van der Waals surface area contributed by atoms with Gasteiger partial charge in [-0.2, -0.15) is 0 Å². The smallest absolute Gasteiger partial charge is 0.110 e. The van der Waals surface area contributed by atoms with Gasteiger partial charge in [-0.1, -0.05) is 0 Å². The van der Waals surface area contributed by atoms with E-state index in [1.165, 1.54) is 24.3 Å². The summed E-state index contributed by atoms with van der Waals surface area (Å²) in [5.41, 5.74) is 7.58. The summed E-state index contributed by atoms with van der Waals surface area (Å²) in [6.45, 7) is 4.33. The van der Waals surface area contributed by atoms with Crippen molar-refractivity contribution >= 4 is 0 Å². The molecule has 0 aromatic carbocycles. The van der Waals surface area contributed by atoms with Crippen LogP contribution in [0.5, 0.6) is 0 Å². The minimum Gasteiger partial charge on any atom is -0.466 e. The van der Waals surface area contributed by atoms with E-state index in [9.17, 15) is 0 Å². The average Bonchev–Trinajstić information content (AvgIpc) is 2.58. The van der Waals surface area contributed by atoms with Crippen molar-refractivity contribution in [3.63, 3.8) is 0 Å². The molecule has 3 nitrogen and oxygen atoms in total. The first-order valence-electron chi connectivity index (χ1n) is 5.84. The predicted octanol–water partition coefficient (Wildman–Crippen LogP) is 1.61. The Bertz CT molecular complexity index is 372. The van der Waals surface area contributed by atoms with E-state index in [1.807, 2.05) is 6.92 Å². The molecule has 0 saturated carbocycles. The van der Waals surface area contributed by atoms with Gasteiger partial charge >= 0.3 is 0 Å². The first kappa shape index (κ1) is 9.43. The van der Waals surface area contributed by atoms with Crippen LogP contribution in [-0.2, 0) is 6.42 Å². The number of piperidine rings is 1. The molecular weight excluding hydrogens is 188 g/mol. The average molecular weight is 206 g/mol. The van der Waals surface area contributed by atoms with Gasteiger partial charge in [0.1, 0.15) is 11.5 Å². The van der Waals surface area contributed by atoms with Crippen LogP contribution in [0.25, 0.3) is 0 Å². The number of rotatable bonds is 0. The van der Waals surface area contributed by atoms with Gasteiger partial charge in [-0.25, -0.2) is 0 Å². The molecule has 3 rings (SSSR count). The van der Waals surface area contributed by atoms with Crippen molar-refractivity contribution in [1.82, 2.24) is 4.90 Å². The van der Waals surface area contributed by atoms with Crippen molar-refractivity contribution in [2.45, 2.75) is 38.3 Å². The van der Waals surface area contributed by atoms with E-state index in [4.69, 9.17) is 10.2 Å². The van der Waals surface area contributed by atoms with E-state index in [0.29, 0.717) is 6.04 Å². The lowest BCUT2D eigenvalue weighted by atomic mass is 9.87. The molecule has 0 spiro atoms. The molecule has 3 heteroatoms. The number of furan rings is 1. The maximum atomic E-state index is 6.23. The van der Waals surface area contributed by atoms with Gasteiger partial charge in [-0.05, 0) is 32.4 Å². The summed E-state index contributed by atoms with van der Waals surface area (Å²) < 4.78 is 5.72. The van der Waals surface area contributed by atoms with Gasteiger partial charge in [-0.3, -0.25) is 4.90 Å². The van der Waals surface area contributed by atoms with Crippen LogP contribution >= 0.6 is 0 Å². The zero-order valence-electron chi connectivity index (χ0n) is 9.20. The zero-order valence-corrected chi connectivity index (χ0v) is 9.20. The Labute approximate surface area is 90.2 Å². The highest BCUT2D eigenvalue weighted by Gasteiger charge is 2.36. The van der Waals surface area contributed by atoms with E-state index < -0.39 is 0 Å². The van der Waals surface area contributed by atoms with E-state index in [0.717, 1.165) is 25.1 Å². The number of fused-ring (bicyclic) bond motifs is 3. The fourth-order valence-corrected chi connectivity index (χ4v) is 3.05. The van der Waals surface area contributed by atoms with Gasteiger partial charge < -0.3 is 10.2 Å². The van der Waals surface area contributed by atoms with Crippen molar-refractivity contribution in [2.24, 2.45) is 5.73 Å². The molecule has 2 aliphatic rings. The first-order valence-corrected chi connectivity index (χ1v) is 5.84. The molecule has 1 saturated heterocycles. The zero-order chi connectivity index (χ0) is 10.4. The van der Waals surface area contributed by atoms with Crippen LogP contribution in [0.3, 0.4) is 0 Å². The maximum absolute atomic E-state index is 6.23. The summed E-state index contributed by atoms with van der Waals surface area (Å²) in [6.07, 6.45) is 3.43. The van der Waals surface area contributed by atoms with Crippen LogP contribution in [0, 0.1) is 6.92 Å². The third-order valence-corrected chi connectivity index (χ3v) is 3.69. The molecule has 3 heterocycles. The third-order valence-electron chi connectivity index (χ3n) is 3.69. The summed E-state index contributed by atoms with van der Waals surface area (Å²) in [7, 11) is 0. The van der Waals surface area contributed by atoms with E-state index in [1.54, 1.807) is 0 Å². The molecular formula is C12H18N2O. The minimum absolute atomic E-state index is 0.287. The monoisotopic (exact) mass is 206 g/mol. The molecule has 0 bridgehead atoms. The second-order valence-electron chi connectivity index (χ2n) is 4.77. The molecule has 2 atom stereocenters. The first-order chi connectivity index (χ1) is 7.25. The Hall–Kier alpha value is -0.800. The van der Waals surface area contributed by atoms with Gasteiger partial charge in [0.05, 0.1) is 6.04 Å². The van der Waals surface area contributed by atoms with Crippen LogP contribution in [0.2, 0.25) is 0 Å². The Balaban J connectivity index is 2.01. The van der Waals surface area contributed by atoms with Crippen molar-refractivity contribution in [1.29, 1.82) is 0 Å². The standard InChI is InChI=1S/C12H18N2O/c1-8-7-9-11(15-8)4-6-14-5-2-3-10(13)12(9)14/h7,10,12H,2-6,13H2,1H3. The van der Waals surface area contributed by atoms with Crippen molar-refractivity contribution < 1.29 is 4.42 Å². The molecule has 2 unspecified atom stereocenters. The predicted molar refractivity (Wildman–Crippen MR) is 58.7 cm³/mol. The van der Waals surface area contributed by atoms with Gasteiger partial charge in [0.25, 0.3) is 0 Å². The normalized spacial score (nSPS) is 31.1. The molecule has 1 fully saturated rings. The van der Waals surface area contributed by atoms with E-state index >= 15 is 0 Å². The highest BCUT2D eigenvalue weighted by molar-refractivity contribution is 5.29. The van der Waals surface area contributed by atoms with E-state index in [-0.39, 0.29) is 6.04 Å². The number of aryl methyl sites for hydroxylation is 1. The highest BCUT2D eigenvalue weighted by atomic mass is 16.3. The van der Waals surface area contributed by atoms with Crippen LogP contribution < -0.4 is 5.73 Å². The summed E-state index contributed by atoms with van der Waals surface area (Å²) in [5.74, 6) is 2.20. The third kappa shape index (κ3) is 1.42. The van der Waals surface area contributed by atoms with Crippen LogP contribution in [0.4, 0.5) is 0 Å². The van der Waals surface area contributed by atoms with Crippen molar-refractivity contribution in [2.75, 3.05) is 13.1 Å². The van der Waals surface area contributed by atoms with Gasteiger partial charge in [0.2, 0.25) is 0 Å². The van der Waals surface area contributed by atoms with Crippen molar-refractivity contribution in [3.05, 3.63) is 23.2 Å². The molecule has 1 aromatic heterocycles. The van der Waals surface area contributed by atoms with Crippen LogP contribution in [-0.4, -0.2) is 24.0 Å². The minimum atomic E-state index is 0.287. The summed E-state index contributed by atoms with van der Waals surface area (Å²) >= 11 is 0. The van der Waals surface area contributed by atoms with Gasteiger partial charge in [-0.15, -0.1) is 0 Å². The molecule has 0 aliphatic carbocycles. The fourth-order valence-electron chi connectivity index (χ4n) is 3.05. The molecule has 2 N–H and O–H groups in total. The molecule has 1 aromatic rings. The quantitative estimate of drug-likeness (QED) is 0.701. The van der Waals surface area contributed by atoms with Gasteiger partial charge in [0.15, 0.2) is 0 Å². The van der Waals surface area contributed by atoms with Crippen molar-refractivity contribution in [3.8, 4) is 0 Å².